The Morgan fingerprint density at radius 1 is 1.05 bits per heavy atom. The SMILES string of the molecule is CNS(=O)(=O)c1ccc(S(=O)(=O)NC(C)C(=O)O)cc1. The van der Waals surface area contributed by atoms with E-state index < -0.39 is 32.1 Å². The molecule has 1 aromatic carbocycles. The summed E-state index contributed by atoms with van der Waals surface area (Å²) in [6.07, 6.45) is 0. The number of hydrogen-bond donors (Lipinski definition) is 3. The molecule has 0 aromatic heterocycles. The molecule has 1 unspecified atom stereocenters. The van der Waals surface area contributed by atoms with Gasteiger partial charge in [-0.1, -0.05) is 0 Å². The molecule has 1 aromatic rings. The van der Waals surface area contributed by atoms with Crippen molar-refractivity contribution < 1.29 is 26.7 Å². The molecule has 0 aliphatic rings. The van der Waals surface area contributed by atoms with Gasteiger partial charge in [0.05, 0.1) is 9.79 Å². The summed E-state index contributed by atoms with van der Waals surface area (Å²) in [4.78, 5) is 10.3. The van der Waals surface area contributed by atoms with E-state index in [9.17, 15) is 21.6 Å². The Balaban J connectivity index is 3.08. The van der Waals surface area contributed by atoms with Gasteiger partial charge in [0, 0.05) is 0 Å². The summed E-state index contributed by atoms with van der Waals surface area (Å²) in [6.45, 7) is 1.18. The molecule has 0 aliphatic carbocycles. The summed E-state index contributed by atoms with van der Waals surface area (Å²) in [7, 11) is -6.44. The topological polar surface area (TPSA) is 130 Å². The third-order valence-corrected chi connectivity index (χ3v) is 5.40. The maximum Gasteiger partial charge on any atom is 0.321 e. The molecule has 0 heterocycles. The Morgan fingerprint density at radius 3 is 1.80 bits per heavy atom. The van der Waals surface area contributed by atoms with Crippen LogP contribution >= 0.6 is 0 Å². The van der Waals surface area contributed by atoms with Crippen LogP contribution in [0.3, 0.4) is 0 Å². The van der Waals surface area contributed by atoms with Crippen LogP contribution in [-0.4, -0.2) is 41.0 Å². The molecule has 1 atom stereocenters. The van der Waals surface area contributed by atoms with E-state index in [4.69, 9.17) is 5.11 Å². The van der Waals surface area contributed by atoms with E-state index in [1.165, 1.54) is 14.0 Å². The van der Waals surface area contributed by atoms with Gasteiger partial charge < -0.3 is 5.11 Å². The van der Waals surface area contributed by atoms with Gasteiger partial charge >= 0.3 is 5.97 Å². The maximum absolute atomic E-state index is 11.8. The lowest BCUT2D eigenvalue weighted by molar-refractivity contribution is -0.138. The molecule has 0 saturated heterocycles. The minimum Gasteiger partial charge on any atom is -0.480 e. The fraction of sp³-hybridized carbons (Fsp3) is 0.300. The highest BCUT2D eigenvalue weighted by Gasteiger charge is 2.22. The van der Waals surface area contributed by atoms with Crippen molar-refractivity contribution in [3.63, 3.8) is 0 Å². The van der Waals surface area contributed by atoms with Crippen molar-refractivity contribution >= 4 is 26.0 Å². The molecule has 1 rings (SSSR count). The van der Waals surface area contributed by atoms with Crippen molar-refractivity contribution in [2.45, 2.75) is 22.8 Å². The van der Waals surface area contributed by atoms with Gasteiger partial charge in [-0.25, -0.2) is 21.6 Å². The third kappa shape index (κ3) is 3.76. The molecular weight excluding hydrogens is 308 g/mol. The monoisotopic (exact) mass is 322 g/mol. The highest BCUT2D eigenvalue weighted by Crippen LogP contribution is 2.14. The van der Waals surface area contributed by atoms with Gasteiger partial charge in [-0.2, -0.15) is 4.72 Å². The quantitative estimate of drug-likeness (QED) is 0.638. The van der Waals surface area contributed by atoms with Crippen LogP contribution in [0.1, 0.15) is 6.92 Å². The Labute approximate surface area is 116 Å². The lowest BCUT2D eigenvalue weighted by Crippen LogP contribution is -2.38. The van der Waals surface area contributed by atoms with E-state index >= 15 is 0 Å². The molecule has 0 spiro atoms. The fourth-order valence-corrected chi connectivity index (χ4v) is 3.19. The molecule has 10 heteroatoms. The van der Waals surface area contributed by atoms with E-state index in [-0.39, 0.29) is 9.79 Å². The van der Waals surface area contributed by atoms with Crippen molar-refractivity contribution in [3.05, 3.63) is 24.3 Å². The zero-order valence-corrected chi connectivity index (χ0v) is 12.3. The van der Waals surface area contributed by atoms with Gasteiger partial charge in [0.15, 0.2) is 0 Å². The van der Waals surface area contributed by atoms with Gasteiger partial charge in [0.1, 0.15) is 6.04 Å². The maximum atomic E-state index is 11.8. The molecule has 0 aliphatic heterocycles. The smallest absolute Gasteiger partial charge is 0.321 e. The lowest BCUT2D eigenvalue weighted by Gasteiger charge is -2.10. The van der Waals surface area contributed by atoms with E-state index in [2.05, 4.69) is 4.72 Å². The third-order valence-electron chi connectivity index (χ3n) is 2.42. The Bertz CT molecular complexity index is 694. The average molecular weight is 322 g/mol. The van der Waals surface area contributed by atoms with Crippen molar-refractivity contribution in [1.29, 1.82) is 0 Å². The number of carboxylic acids is 1. The molecule has 0 fully saturated rings. The number of rotatable bonds is 6. The van der Waals surface area contributed by atoms with Crippen LogP contribution in [0.4, 0.5) is 0 Å². The molecule has 20 heavy (non-hydrogen) atoms. The zero-order chi connectivity index (χ0) is 15.6. The Kier molecular flexibility index (Phi) is 4.86. The van der Waals surface area contributed by atoms with Crippen molar-refractivity contribution in [3.8, 4) is 0 Å². The molecule has 112 valence electrons. The zero-order valence-electron chi connectivity index (χ0n) is 10.7. The second-order valence-corrected chi connectivity index (χ2v) is 7.46. The highest BCUT2D eigenvalue weighted by molar-refractivity contribution is 7.90. The number of hydrogen-bond acceptors (Lipinski definition) is 5. The minimum atomic E-state index is -4.02. The molecule has 0 saturated carbocycles. The Morgan fingerprint density at radius 2 is 1.45 bits per heavy atom. The molecule has 0 amide bonds. The number of aliphatic carboxylic acids is 1. The van der Waals surface area contributed by atoms with Crippen LogP contribution in [-0.2, 0) is 24.8 Å². The van der Waals surface area contributed by atoms with Crippen LogP contribution in [0.5, 0.6) is 0 Å². The number of sulfonamides is 2. The van der Waals surface area contributed by atoms with Gasteiger partial charge in [-0.3, -0.25) is 4.79 Å². The number of carbonyl (C=O) groups is 1. The summed E-state index contributed by atoms with van der Waals surface area (Å²) >= 11 is 0. The largest absolute Gasteiger partial charge is 0.480 e. The average Bonchev–Trinajstić information content (AvgIpc) is 2.38. The van der Waals surface area contributed by atoms with Crippen LogP contribution in [0.2, 0.25) is 0 Å². The Hall–Kier alpha value is -1.49. The first-order valence-corrected chi connectivity index (χ1v) is 8.35. The molecule has 0 bridgehead atoms. The molecule has 0 radical (unpaired) electrons. The van der Waals surface area contributed by atoms with Crippen LogP contribution in [0.25, 0.3) is 0 Å². The summed E-state index contributed by atoms with van der Waals surface area (Å²) in [5, 5.41) is 8.66. The van der Waals surface area contributed by atoms with Gasteiger partial charge in [-0.15, -0.1) is 0 Å². The number of benzene rings is 1. The van der Waals surface area contributed by atoms with Crippen LogP contribution < -0.4 is 9.44 Å². The first-order chi connectivity index (χ1) is 9.10. The molecule has 3 N–H and O–H groups in total. The van der Waals surface area contributed by atoms with E-state index in [1.807, 2.05) is 4.72 Å². The normalized spacial score (nSPS) is 13.9. The van der Waals surface area contributed by atoms with E-state index in [1.54, 1.807) is 0 Å². The van der Waals surface area contributed by atoms with E-state index in [0.29, 0.717) is 0 Å². The predicted molar refractivity (Wildman–Crippen MR) is 70.1 cm³/mol. The fourth-order valence-electron chi connectivity index (χ4n) is 1.27. The van der Waals surface area contributed by atoms with Gasteiger partial charge in [0.25, 0.3) is 0 Å². The summed E-state index contributed by atoms with van der Waals surface area (Å²) in [5.74, 6) is -1.32. The van der Waals surface area contributed by atoms with Crippen LogP contribution in [0, 0.1) is 0 Å². The predicted octanol–water partition coefficient (Wildman–Crippen LogP) is -0.654. The standard InChI is InChI=1S/C10H14N2O6S2/c1-7(10(13)14)12-20(17,18)9-5-3-8(4-6-9)19(15,16)11-2/h3-7,11-12H,1-2H3,(H,13,14). The summed E-state index contributed by atoms with van der Waals surface area (Å²) in [6, 6.07) is 3.11. The number of nitrogens with one attached hydrogen (secondary N) is 2. The molecule has 8 nitrogen and oxygen atoms in total. The van der Waals surface area contributed by atoms with Gasteiger partial charge in [0.2, 0.25) is 20.0 Å². The summed E-state index contributed by atoms with van der Waals surface area (Å²) in [5.41, 5.74) is 0. The van der Waals surface area contributed by atoms with Crippen molar-refractivity contribution in [2.24, 2.45) is 0 Å². The second kappa shape index (κ2) is 5.87. The second-order valence-electron chi connectivity index (χ2n) is 3.86. The van der Waals surface area contributed by atoms with Gasteiger partial charge in [-0.05, 0) is 38.2 Å². The van der Waals surface area contributed by atoms with Crippen molar-refractivity contribution in [1.82, 2.24) is 9.44 Å². The first kappa shape index (κ1) is 16.6. The van der Waals surface area contributed by atoms with Crippen molar-refractivity contribution in [2.75, 3.05) is 7.05 Å². The highest BCUT2D eigenvalue weighted by atomic mass is 32.2. The number of carboxylic acid groups (broad SMARTS) is 1. The first-order valence-electron chi connectivity index (χ1n) is 5.39. The summed E-state index contributed by atoms with van der Waals surface area (Å²) < 4.78 is 50.7. The van der Waals surface area contributed by atoms with E-state index in [0.717, 1.165) is 24.3 Å². The lowest BCUT2D eigenvalue weighted by atomic mass is 10.4. The molecular formula is C10H14N2O6S2. The van der Waals surface area contributed by atoms with Crippen LogP contribution in [0.15, 0.2) is 34.1 Å². The minimum absolute atomic E-state index is 0.0924.